The molecule has 0 saturated heterocycles. The van der Waals surface area contributed by atoms with Gasteiger partial charge in [-0.05, 0) is 19.3 Å². The summed E-state index contributed by atoms with van der Waals surface area (Å²) in [5.41, 5.74) is 5.84. The lowest BCUT2D eigenvalue weighted by Crippen LogP contribution is -2.47. The summed E-state index contributed by atoms with van der Waals surface area (Å²) in [6, 6.07) is -1.00. The normalized spacial score (nSPS) is 23.6. The zero-order valence-electron chi connectivity index (χ0n) is 11.9. The predicted octanol–water partition coefficient (Wildman–Crippen LogP) is -0.275. The van der Waals surface area contributed by atoms with E-state index < -0.39 is 18.0 Å². The summed E-state index contributed by atoms with van der Waals surface area (Å²) >= 11 is 0. The first-order chi connectivity index (χ1) is 9.47. The number of carbonyl (C=O) groups excluding carboxylic acids is 3. The van der Waals surface area contributed by atoms with E-state index in [1.165, 1.54) is 14.2 Å². The lowest BCUT2D eigenvalue weighted by Gasteiger charge is -2.27. The van der Waals surface area contributed by atoms with Gasteiger partial charge in [-0.25, -0.2) is 4.79 Å². The Morgan fingerprint density at radius 1 is 1.25 bits per heavy atom. The molecule has 1 rings (SSSR count). The highest BCUT2D eigenvalue weighted by atomic mass is 16.5. The number of amides is 1. The fourth-order valence-electron chi connectivity index (χ4n) is 2.34. The van der Waals surface area contributed by atoms with Crippen LogP contribution in [0.2, 0.25) is 0 Å². The summed E-state index contributed by atoms with van der Waals surface area (Å²) in [5.74, 6) is -1.73. The van der Waals surface area contributed by atoms with Crippen molar-refractivity contribution in [3.05, 3.63) is 0 Å². The van der Waals surface area contributed by atoms with Crippen molar-refractivity contribution in [3.8, 4) is 0 Å². The molecule has 1 aliphatic rings. The van der Waals surface area contributed by atoms with Gasteiger partial charge in [0.1, 0.15) is 6.04 Å². The summed E-state index contributed by atoms with van der Waals surface area (Å²) in [6.07, 6.45) is 2.89. The highest BCUT2D eigenvalue weighted by Crippen LogP contribution is 2.23. The van der Waals surface area contributed by atoms with Crippen LogP contribution in [0, 0.1) is 5.92 Å². The van der Waals surface area contributed by atoms with E-state index in [1.807, 2.05) is 0 Å². The van der Waals surface area contributed by atoms with Crippen molar-refractivity contribution in [2.24, 2.45) is 11.7 Å². The van der Waals surface area contributed by atoms with Crippen molar-refractivity contribution in [2.45, 2.75) is 44.2 Å². The average Bonchev–Trinajstić information content (AvgIpc) is 2.45. The van der Waals surface area contributed by atoms with Crippen LogP contribution in [0.4, 0.5) is 0 Å². The van der Waals surface area contributed by atoms with Gasteiger partial charge in [-0.15, -0.1) is 0 Å². The lowest BCUT2D eigenvalue weighted by molar-refractivity contribution is -0.151. The molecule has 7 nitrogen and oxygen atoms in total. The molecule has 1 amide bonds. The maximum atomic E-state index is 12.1. The Balaban J connectivity index is 2.61. The third kappa shape index (κ3) is 4.80. The van der Waals surface area contributed by atoms with Crippen LogP contribution in [0.3, 0.4) is 0 Å². The maximum Gasteiger partial charge on any atom is 0.328 e. The molecule has 0 aromatic carbocycles. The molecule has 20 heavy (non-hydrogen) atoms. The Morgan fingerprint density at radius 3 is 2.50 bits per heavy atom. The van der Waals surface area contributed by atoms with Gasteiger partial charge in [0.05, 0.1) is 20.6 Å². The van der Waals surface area contributed by atoms with Gasteiger partial charge in [-0.2, -0.15) is 0 Å². The van der Waals surface area contributed by atoms with Crippen LogP contribution in [-0.2, 0) is 23.9 Å². The molecule has 0 aromatic rings. The van der Waals surface area contributed by atoms with Gasteiger partial charge < -0.3 is 20.5 Å². The van der Waals surface area contributed by atoms with Gasteiger partial charge in [0.25, 0.3) is 0 Å². The van der Waals surface area contributed by atoms with Crippen molar-refractivity contribution in [2.75, 3.05) is 14.2 Å². The second kappa shape index (κ2) is 7.84. The number of rotatable bonds is 5. The number of methoxy groups -OCH3 is 2. The molecule has 0 heterocycles. The van der Waals surface area contributed by atoms with Crippen molar-refractivity contribution < 1.29 is 23.9 Å². The van der Waals surface area contributed by atoms with Crippen LogP contribution in [0.15, 0.2) is 0 Å². The summed E-state index contributed by atoms with van der Waals surface area (Å²) < 4.78 is 9.08. The third-order valence-corrected chi connectivity index (χ3v) is 3.49. The Labute approximate surface area is 118 Å². The number of hydrogen-bond donors (Lipinski definition) is 2. The first-order valence-corrected chi connectivity index (χ1v) is 6.68. The van der Waals surface area contributed by atoms with Gasteiger partial charge in [-0.3, -0.25) is 9.59 Å². The van der Waals surface area contributed by atoms with Gasteiger partial charge >= 0.3 is 11.9 Å². The van der Waals surface area contributed by atoms with Crippen molar-refractivity contribution >= 4 is 17.8 Å². The summed E-state index contributed by atoms with van der Waals surface area (Å²) in [5, 5.41) is 2.55. The molecule has 0 aromatic heterocycles. The largest absolute Gasteiger partial charge is 0.469 e. The molecule has 0 bridgehead atoms. The molecule has 1 aliphatic carbocycles. The van der Waals surface area contributed by atoms with Gasteiger partial charge in [0, 0.05) is 12.0 Å². The molecule has 0 aliphatic heterocycles. The van der Waals surface area contributed by atoms with Crippen LogP contribution in [0.25, 0.3) is 0 Å². The zero-order valence-corrected chi connectivity index (χ0v) is 11.9. The van der Waals surface area contributed by atoms with E-state index in [0.717, 1.165) is 19.3 Å². The van der Waals surface area contributed by atoms with Gasteiger partial charge in [0.15, 0.2) is 0 Å². The quantitative estimate of drug-likeness (QED) is 0.673. The average molecular weight is 286 g/mol. The summed E-state index contributed by atoms with van der Waals surface area (Å²) in [7, 11) is 2.42. The zero-order chi connectivity index (χ0) is 15.1. The Morgan fingerprint density at radius 2 is 1.95 bits per heavy atom. The van der Waals surface area contributed by atoms with E-state index in [9.17, 15) is 14.4 Å². The van der Waals surface area contributed by atoms with E-state index in [1.54, 1.807) is 0 Å². The molecule has 3 unspecified atom stereocenters. The number of carbonyl (C=O) groups is 3. The highest BCUT2D eigenvalue weighted by Gasteiger charge is 2.30. The summed E-state index contributed by atoms with van der Waals surface area (Å²) in [6.45, 7) is 0. The van der Waals surface area contributed by atoms with Crippen molar-refractivity contribution in [3.63, 3.8) is 0 Å². The van der Waals surface area contributed by atoms with E-state index in [4.69, 9.17) is 5.73 Å². The maximum absolute atomic E-state index is 12.1. The number of hydrogen-bond acceptors (Lipinski definition) is 6. The van der Waals surface area contributed by atoms with E-state index in [-0.39, 0.29) is 24.3 Å². The van der Waals surface area contributed by atoms with E-state index in [0.29, 0.717) is 6.42 Å². The minimum Gasteiger partial charge on any atom is -0.469 e. The topological polar surface area (TPSA) is 108 Å². The van der Waals surface area contributed by atoms with Crippen LogP contribution < -0.4 is 11.1 Å². The number of nitrogens with one attached hydrogen (secondary N) is 1. The number of ether oxygens (including phenoxy) is 2. The molecule has 7 heteroatoms. The van der Waals surface area contributed by atoms with Crippen molar-refractivity contribution in [1.29, 1.82) is 0 Å². The molecule has 3 N–H and O–H groups in total. The van der Waals surface area contributed by atoms with E-state index >= 15 is 0 Å². The first kappa shape index (κ1) is 16.4. The lowest BCUT2D eigenvalue weighted by atomic mass is 9.85. The van der Waals surface area contributed by atoms with Gasteiger partial charge in [-0.1, -0.05) is 6.42 Å². The second-order valence-electron chi connectivity index (χ2n) is 4.99. The van der Waals surface area contributed by atoms with Crippen LogP contribution in [0.5, 0.6) is 0 Å². The SMILES string of the molecule is COC(=O)CC(NC(=O)C1CCCC(N)C1)C(=O)OC. The Bertz CT molecular complexity index is 372. The van der Waals surface area contributed by atoms with Gasteiger partial charge in [0.2, 0.25) is 5.91 Å². The fraction of sp³-hybridized carbons (Fsp3) is 0.769. The minimum absolute atomic E-state index is 0.0108. The molecule has 0 spiro atoms. The third-order valence-electron chi connectivity index (χ3n) is 3.49. The molecule has 0 radical (unpaired) electrons. The molecule has 1 saturated carbocycles. The molecule has 1 fully saturated rings. The predicted molar refractivity (Wildman–Crippen MR) is 70.5 cm³/mol. The summed E-state index contributed by atoms with van der Waals surface area (Å²) in [4.78, 5) is 34.9. The molecule has 114 valence electrons. The first-order valence-electron chi connectivity index (χ1n) is 6.68. The number of nitrogens with two attached hydrogens (primary N) is 1. The van der Waals surface area contributed by atoms with Crippen LogP contribution >= 0.6 is 0 Å². The molecule has 3 atom stereocenters. The standard InChI is InChI=1S/C13H22N2O5/c1-19-11(16)7-10(13(18)20-2)15-12(17)8-4-3-5-9(14)6-8/h8-10H,3-7,14H2,1-2H3,(H,15,17). The Hall–Kier alpha value is -1.63. The second-order valence-corrected chi connectivity index (χ2v) is 4.99. The highest BCUT2D eigenvalue weighted by molar-refractivity contribution is 5.88. The number of esters is 2. The monoisotopic (exact) mass is 286 g/mol. The van der Waals surface area contributed by atoms with Crippen LogP contribution in [0.1, 0.15) is 32.1 Å². The minimum atomic E-state index is -1.02. The smallest absolute Gasteiger partial charge is 0.328 e. The fourth-order valence-corrected chi connectivity index (χ4v) is 2.34. The van der Waals surface area contributed by atoms with Crippen molar-refractivity contribution in [1.82, 2.24) is 5.32 Å². The molecular formula is C13H22N2O5. The molecular weight excluding hydrogens is 264 g/mol. The Kier molecular flexibility index (Phi) is 6.44. The van der Waals surface area contributed by atoms with Crippen LogP contribution in [-0.4, -0.2) is 44.1 Å². The van der Waals surface area contributed by atoms with E-state index in [2.05, 4.69) is 14.8 Å².